The van der Waals surface area contributed by atoms with Crippen molar-refractivity contribution in [2.75, 3.05) is 0 Å². The van der Waals surface area contributed by atoms with Gasteiger partial charge in [0.15, 0.2) is 16.6 Å². The van der Waals surface area contributed by atoms with Crippen molar-refractivity contribution in [2.45, 2.75) is 30.7 Å². The van der Waals surface area contributed by atoms with E-state index in [0.29, 0.717) is 27.2 Å². The van der Waals surface area contributed by atoms with Crippen LogP contribution in [0, 0.1) is 5.82 Å². The summed E-state index contributed by atoms with van der Waals surface area (Å²) >= 11 is 2.65. The van der Waals surface area contributed by atoms with Crippen LogP contribution in [0.25, 0.3) is 22.0 Å². The van der Waals surface area contributed by atoms with E-state index in [-0.39, 0.29) is 22.5 Å². The molecule has 4 aromatic heterocycles. The van der Waals surface area contributed by atoms with Crippen molar-refractivity contribution < 1.29 is 4.39 Å². The third-order valence-electron chi connectivity index (χ3n) is 4.59. The molecule has 32 heavy (non-hydrogen) atoms. The van der Waals surface area contributed by atoms with Crippen LogP contribution in [0.5, 0.6) is 0 Å². The number of hydrogen-bond donors (Lipinski definition) is 1. The van der Waals surface area contributed by atoms with Gasteiger partial charge in [0.2, 0.25) is 4.96 Å². The van der Waals surface area contributed by atoms with Gasteiger partial charge in [-0.05, 0) is 18.6 Å². The van der Waals surface area contributed by atoms with Gasteiger partial charge < -0.3 is 0 Å². The number of aryl methyl sites for hydroxylation is 1. The van der Waals surface area contributed by atoms with E-state index < -0.39 is 5.82 Å². The molecule has 0 spiro atoms. The first-order valence-electron chi connectivity index (χ1n) is 9.78. The van der Waals surface area contributed by atoms with E-state index >= 15 is 0 Å². The van der Waals surface area contributed by atoms with Gasteiger partial charge in [0.1, 0.15) is 10.8 Å². The van der Waals surface area contributed by atoms with Gasteiger partial charge in [-0.3, -0.25) is 14.7 Å². The normalized spacial score (nSPS) is 11.6. The number of aromatic amines is 1. The van der Waals surface area contributed by atoms with E-state index in [1.807, 2.05) is 6.92 Å². The highest BCUT2D eigenvalue weighted by Gasteiger charge is 2.15. The van der Waals surface area contributed by atoms with Gasteiger partial charge in [-0.25, -0.2) is 23.9 Å². The molecule has 1 aromatic carbocycles. The van der Waals surface area contributed by atoms with Gasteiger partial charge >= 0.3 is 0 Å². The minimum atomic E-state index is -0.459. The predicted molar refractivity (Wildman–Crippen MR) is 120 cm³/mol. The molecule has 162 valence electrons. The van der Waals surface area contributed by atoms with Gasteiger partial charge in [0, 0.05) is 24.3 Å². The summed E-state index contributed by atoms with van der Waals surface area (Å²) in [7, 11) is 0. The van der Waals surface area contributed by atoms with Crippen LogP contribution in [0.15, 0.2) is 51.1 Å². The third kappa shape index (κ3) is 3.82. The van der Waals surface area contributed by atoms with Crippen LogP contribution in [0.4, 0.5) is 4.39 Å². The molecule has 0 bridgehead atoms. The Kier molecular flexibility index (Phi) is 5.31. The molecule has 0 amide bonds. The Morgan fingerprint density at radius 2 is 2.00 bits per heavy atom. The number of halogens is 1. The molecule has 0 atom stereocenters. The van der Waals surface area contributed by atoms with Crippen LogP contribution in [0.1, 0.15) is 24.0 Å². The minimum absolute atomic E-state index is 0.166. The molecule has 0 saturated carbocycles. The minimum Gasteiger partial charge on any atom is -0.268 e. The fourth-order valence-electron chi connectivity index (χ4n) is 3.17. The smallest absolute Gasteiger partial charge is 0.268 e. The number of hydrogen-bond acceptors (Lipinski definition) is 8. The molecule has 0 unspecified atom stereocenters. The lowest BCUT2D eigenvalue weighted by Gasteiger charge is -2.08. The van der Waals surface area contributed by atoms with Gasteiger partial charge in [0.25, 0.3) is 11.1 Å². The molecular formula is C20H16FN7O2S2. The summed E-state index contributed by atoms with van der Waals surface area (Å²) < 4.78 is 17.0. The maximum atomic E-state index is 14.3. The number of nitrogens with one attached hydrogen (secondary N) is 1. The fourth-order valence-corrected chi connectivity index (χ4v) is 5.03. The maximum absolute atomic E-state index is 14.3. The van der Waals surface area contributed by atoms with Crippen molar-refractivity contribution in [3.05, 3.63) is 73.6 Å². The van der Waals surface area contributed by atoms with Crippen molar-refractivity contribution in [1.82, 2.24) is 34.2 Å². The molecule has 0 saturated heterocycles. The highest BCUT2D eigenvalue weighted by atomic mass is 32.2. The lowest BCUT2D eigenvalue weighted by Crippen LogP contribution is -2.15. The van der Waals surface area contributed by atoms with E-state index in [1.54, 1.807) is 18.2 Å². The summed E-state index contributed by atoms with van der Waals surface area (Å²) in [6, 6.07) is 8.93. The van der Waals surface area contributed by atoms with E-state index in [4.69, 9.17) is 0 Å². The Morgan fingerprint density at radius 1 is 1.16 bits per heavy atom. The number of aromatic nitrogens is 7. The van der Waals surface area contributed by atoms with Crippen LogP contribution in [-0.2, 0) is 12.2 Å². The van der Waals surface area contributed by atoms with Gasteiger partial charge in [0.05, 0.1) is 11.3 Å². The molecule has 5 rings (SSSR count). The standard InChI is InChI=1S/C20H16FN7O2S2/c1-2-5-16-26-28-17(30)8-11(22-20(28)32-16)10-31-19-24-18(12-6-3-4-7-13(12)21)23-14-9-15(29)25-27(14)19/h3-4,6-9H,2,5,10H2,1H3,(H,25,29). The molecular weight excluding hydrogens is 453 g/mol. The van der Waals surface area contributed by atoms with Gasteiger partial charge in [-0.15, -0.1) is 0 Å². The highest BCUT2D eigenvalue weighted by Crippen LogP contribution is 2.25. The quantitative estimate of drug-likeness (QED) is 0.381. The summed E-state index contributed by atoms with van der Waals surface area (Å²) in [6.07, 6.45) is 1.72. The van der Waals surface area contributed by atoms with E-state index in [2.05, 4.69) is 25.1 Å². The number of fused-ring (bicyclic) bond motifs is 2. The first-order valence-corrected chi connectivity index (χ1v) is 11.6. The van der Waals surface area contributed by atoms with E-state index in [1.165, 1.54) is 50.3 Å². The number of rotatable bonds is 6. The van der Waals surface area contributed by atoms with Crippen LogP contribution in [-0.4, -0.2) is 34.2 Å². The Bertz CT molecular complexity index is 1570. The second-order valence-corrected chi connectivity index (χ2v) is 8.92. The topological polar surface area (TPSA) is 110 Å². The van der Waals surface area contributed by atoms with Crippen LogP contribution in [0.3, 0.4) is 0 Å². The summed E-state index contributed by atoms with van der Waals surface area (Å²) in [5.74, 6) is 0.0223. The van der Waals surface area contributed by atoms with Crippen molar-refractivity contribution in [3.63, 3.8) is 0 Å². The molecule has 0 aliphatic heterocycles. The number of H-pyrrole nitrogens is 1. The largest absolute Gasteiger partial charge is 0.275 e. The average molecular weight is 470 g/mol. The molecule has 0 aliphatic rings. The zero-order valence-electron chi connectivity index (χ0n) is 16.8. The summed E-state index contributed by atoms with van der Waals surface area (Å²) in [5.41, 5.74) is 0.508. The van der Waals surface area contributed by atoms with Crippen molar-refractivity contribution in [2.24, 2.45) is 0 Å². The maximum Gasteiger partial charge on any atom is 0.275 e. The second kappa shape index (κ2) is 8.28. The Hall–Kier alpha value is -3.38. The second-order valence-electron chi connectivity index (χ2n) is 6.94. The number of nitrogens with zero attached hydrogens (tertiary/aromatic N) is 6. The fraction of sp³-hybridized carbons (Fsp3) is 0.200. The van der Waals surface area contributed by atoms with Crippen LogP contribution < -0.4 is 11.1 Å². The Labute approximate surface area is 188 Å². The Morgan fingerprint density at radius 3 is 2.81 bits per heavy atom. The Balaban J connectivity index is 1.52. The van der Waals surface area contributed by atoms with Crippen molar-refractivity contribution in [1.29, 1.82) is 0 Å². The molecule has 0 fully saturated rings. The predicted octanol–water partition coefficient (Wildman–Crippen LogP) is 2.93. The average Bonchev–Trinajstić information content (AvgIpc) is 3.35. The summed E-state index contributed by atoms with van der Waals surface area (Å²) in [5, 5.41) is 8.21. The van der Waals surface area contributed by atoms with Gasteiger partial charge in [-0.1, -0.05) is 42.2 Å². The molecule has 12 heteroatoms. The molecule has 1 N–H and O–H groups in total. The lowest BCUT2D eigenvalue weighted by atomic mass is 10.2. The van der Waals surface area contributed by atoms with Crippen molar-refractivity contribution in [3.8, 4) is 11.4 Å². The molecule has 4 heterocycles. The van der Waals surface area contributed by atoms with E-state index in [9.17, 15) is 14.0 Å². The monoisotopic (exact) mass is 469 g/mol. The molecule has 0 aliphatic carbocycles. The van der Waals surface area contributed by atoms with Gasteiger partial charge in [-0.2, -0.15) is 9.61 Å². The van der Waals surface area contributed by atoms with E-state index in [0.717, 1.165) is 17.8 Å². The lowest BCUT2D eigenvalue weighted by molar-refractivity contribution is 0.629. The molecule has 9 nitrogen and oxygen atoms in total. The van der Waals surface area contributed by atoms with Crippen molar-refractivity contribution >= 4 is 33.7 Å². The zero-order chi connectivity index (χ0) is 22.2. The summed E-state index contributed by atoms with van der Waals surface area (Å²) in [6.45, 7) is 2.05. The summed E-state index contributed by atoms with van der Waals surface area (Å²) in [4.78, 5) is 38.2. The first kappa shape index (κ1) is 20.5. The number of benzene rings is 1. The first-order chi connectivity index (χ1) is 15.5. The SMILES string of the molecule is CCCc1nn2c(=O)cc(CSc3nc(-c4ccccc4F)nc4cc(=O)[nH]n34)nc2s1. The molecule has 5 aromatic rings. The zero-order valence-corrected chi connectivity index (χ0v) is 18.4. The molecule has 0 radical (unpaired) electrons. The van der Waals surface area contributed by atoms with Crippen LogP contribution in [0.2, 0.25) is 0 Å². The van der Waals surface area contributed by atoms with Crippen LogP contribution >= 0.6 is 23.1 Å². The highest BCUT2D eigenvalue weighted by molar-refractivity contribution is 7.98. The third-order valence-corrected chi connectivity index (χ3v) is 6.53. The number of thioether (sulfide) groups is 1.